The molecule has 1 saturated heterocycles. The van der Waals surface area contributed by atoms with Crippen LogP contribution in [0.4, 0.5) is 0 Å². The number of hydrogen-bond acceptors (Lipinski definition) is 2. The summed E-state index contributed by atoms with van der Waals surface area (Å²) < 4.78 is 76.1. The zero-order valence-corrected chi connectivity index (χ0v) is 19.5. The second-order valence-electron chi connectivity index (χ2n) is 9.54. The summed E-state index contributed by atoms with van der Waals surface area (Å²) in [5.41, 5.74) is 1.15. The summed E-state index contributed by atoms with van der Waals surface area (Å²) in [6, 6.07) is 14.9. The van der Waals surface area contributed by atoms with Gasteiger partial charge < -0.3 is 13.9 Å². The quantitative estimate of drug-likeness (QED) is 0.283. The average molecular weight is 452 g/mol. The highest BCUT2D eigenvalue weighted by molar-refractivity contribution is 6.62. The van der Waals surface area contributed by atoms with Crippen molar-refractivity contribution in [2.24, 2.45) is 0 Å². The summed E-state index contributed by atoms with van der Waals surface area (Å²) in [6.45, 7) is 7.49. The number of para-hydroxylation sites is 2. The molecule has 0 unspecified atom stereocenters. The van der Waals surface area contributed by atoms with Crippen molar-refractivity contribution >= 4 is 34.4 Å². The number of benzene rings is 4. The maximum Gasteiger partial charge on any atom is 0.494 e. The smallest absolute Gasteiger partial charge is 0.399 e. The lowest BCUT2D eigenvalue weighted by Gasteiger charge is -2.32. The van der Waals surface area contributed by atoms with Gasteiger partial charge in [0.1, 0.15) is 0 Å². The van der Waals surface area contributed by atoms with Crippen molar-refractivity contribution in [3.63, 3.8) is 0 Å². The van der Waals surface area contributed by atoms with Crippen molar-refractivity contribution in [3.05, 3.63) is 96.9 Å². The summed E-state index contributed by atoms with van der Waals surface area (Å²) in [6.07, 6.45) is 0. The third-order valence-corrected chi connectivity index (χ3v) is 6.90. The van der Waals surface area contributed by atoms with Gasteiger partial charge in [-0.05, 0) is 56.9 Å². The summed E-state index contributed by atoms with van der Waals surface area (Å²) in [5, 5.41) is 0.214. The minimum Gasteiger partial charge on any atom is -0.399 e. The molecule has 0 amide bonds. The number of fused-ring (bicyclic) bond motifs is 3. The first-order valence-corrected chi connectivity index (χ1v) is 11.3. The first-order chi connectivity index (χ1) is 19.3. The van der Waals surface area contributed by atoms with Gasteiger partial charge in [0.25, 0.3) is 0 Å². The van der Waals surface area contributed by atoms with E-state index in [2.05, 4.69) is 0 Å². The fourth-order valence-corrected chi connectivity index (χ4v) is 4.38. The molecule has 1 aliphatic heterocycles. The highest BCUT2D eigenvalue weighted by Crippen LogP contribution is 2.38. The second-order valence-corrected chi connectivity index (χ2v) is 9.54. The van der Waals surface area contributed by atoms with Crippen molar-refractivity contribution < 1.29 is 18.9 Å². The van der Waals surface area contributed by atoms with Gasteiger partial charge in [0.2, 0.25) is 0 Å². The maximum absolute atomic E-state index is 9.45. The van der Waals surface area contributed by atoms with E-state index in [4.69, 9.17) is 17.5 Å². The van der Waals surface area contributed by atoms with Gasteiger partial charge >= 0.3 is 7.12 Å². The van der Waals surface area contributed by atoms with Crippen LogP contribution < -0.4 is 5.46 Å². The Kier molecular flexibility index (Phi) is 3.31. The lowest BCUT2D eigenvalue weighted by molar-refractivity contribution is 0.00578. The molecule has 0 radical (unpaired) electrons. The third-order valence-electron chi connectivity index (χ3n) is 6.90. The van der Waals surface area contributed by atoms with E-state index in [1.807, 2.05) is 82.3 Å². The molecule has 4 heteroatoms. The van der Waals surface area contributed by atoms with Gasteiger partial charge in [-0.15, -0.1) is 0 Å². The molecule has 0 N–H and O–H groups in total. The van der Waals surface area contributed by atoms with Crippen LogP contribution in [0.2, 0.25) is 0 Å². The van der Waals surface area contributed by atoms with Gasteiger partial charge in [0.05, 0.1) is 37.5 Å². The van der Waals surface area contributed by atoms with Gasteiger partial charge in [0.15, 0.2) is 0 Å². The Morgan fingerprint density at radius 3 is 2.15 bits per heavy atom. The lowest BCUT2D eigenvalue weighted by atomic mass is 9.79. The van der Waals surface area contributed by atoms with E-state index in [9.17, 15) is 1.37 Å². The van der Waals surface area contributed by atoms with Crippen molar-refractivity contribution in [3.8, 4) is 16.8 Å². The van der Waals surface area contributed by atoms with Crippen molar-refractivity contribution in [1.82, 2.24) is 4.57 Å². The largest absolute Gasteiger partial charge is 0.494 e. The molecule has 4 aromatic carbocycles. The molecule has 2 heterocycles. The number of hydrogen-bond donors (Lipinski definition) is 0. The Hall–Kier alpha value is -3.34. The molecule has 168 valence electrons. The molecule has 1 aromatic heterocycles. The van der Waals surface area contributed by atoms with E-state index in [1.165, 1.54) is 0 Å². The first kappa shape index (κ1) is 14.8. The molecule has 6 rings (SSSR count). The molecule has 5 aromatic rings. The predicted octanol–water partition coefficient (Wildman–Crippen LogP) is 6.75. The van der Waals surface area contributed by atoms with Gasteiger partial charge in [-0.2, -0.15) is 0 Å². The fraction of sp³-hybridized carbons (Fsp3) is 0.200. The van der Waals surface area contributed by atoms with E-state index in [0.717, 1.165) is 11.1 Å². The number of nitrogens with zero attached hydrogens (tertiary/aromatic N) is 1. The minimum atomic E-state index is -1.09. The molecule has 3 nitrogen and oxygen atoms in total. The van der Waals surface area contributed by atoms with Gasteiger partial charge in [0, 0.05) is 16.3 Å². The predicted molar refractivity (Wildman–Crippen MR) is 142 cm³/mol. The van der Waals surface area contributed by atoms with Crippen LogP contribution >= 0.6 is 0 Å². The van der Waals surface area contributed by atoms with Crippen LogP contribution in [0.5, 0.6) is 0 Å². The number of rotatable bonds is 3. The summed E-state index contributed by atoms with van der Waals surface area (Å²) in [5.74, 6) is 0. The van der Waals surface area contributed by atoms with E-state index in [0.29, 0.717) is 5.69 Å². The van der Waals surface area contributed by atoms with Crippen LogP contribution in [0, 0.1) is 0 Å². The topological polar surface area (TPSA) is 23.4 Å². The zero-order valence-electron chi connectivity index (χ0n) is 26.5. The molecule has 0 atom stereocenters. The summed E-state index contributed by atoms with van der Waals surface area (Å²) in [7, 11) is -1.09. The van der Waals surface area contributed by atoms with Crippen LogP contribution in [0.15, 0.2) is 96.9 Å². The molecule has 0 bridgehead atoms. The van der Waals surface area contributed by atoms with Gasteiger partial charge in [-0.1, -0.05) is 78.7 Å². The van der Waals surface area contributed by atoms with Crippen LogP contribution in [0.25, 0.3) is 38.6 Å². The average Bonchev–Trinajstić information content (AvgIpc) is 3.40. The molecule has 1 fully saturated rings. The molecule has 1 aliphatic rings. The van der Waals surface area contributed by atoms with E-state index < -0.39 is 30.4 Å². The molecule has 0 aliphatic carbocycles. The Bertz CT molecular complexity index is 1870. The van der Waals surface area contributed by atoms with E-state index in [-0.39, 0.29) is 57.5 Å². The number of aromatic nitrogens is 1. The van der Waals surface area contributed by atoms with Crippen LogP contribution in [0.1, 0.15) is 37.3 Å². The van der Waals surface area contributed by atoms with Crippen molar-refractivity contribution in [2.45, 2.75) is 38.9 Å². The fourth-order valence-electron chi connectivity index (χ4n) is 4.38. The normalized spacial score (nSPS) is 19.9. The minimum absolute atomic E-state index is 0.0812. The SMILES string of the molecule is [2H]c1c([2H])c([2H])c2c(c1[2H])c1c([2H])c([2H])c(B3OC(C)(C)C(C)(C)O3)c([2H])c1n2-c1ccccc1-c1ccccc1. The Labute approximate surface area is 210 Å². The van der Waals surface area contributed by atoms with Gasteiger partial charge in [-0.25, -0.2) is 0 Å². The molecule has 34 heavy (non-hydrogen) atoms. The molecule has 0 spiro atoms. The highest BCUT2D eigenvalue weighted by atomic mass is 16.7. The van der Waals surface area contributed by atoms with E-state index >= 15 is 0 Å². The van der Waals surface area contributed by atoms with E-state index in [1.54, 1.807) is 4.57 Å². The van der Waals surface area contributed by atoms with Gasteiger partial charge in [-0.3, -0.25) is 0 Å². The van der Waals surface area contributed by atoms with Crippen LogP contribution in [0.3, 0.4) is 0 Å². The molecular formula is C30H28BNO2. The third kappa shape index (κ3) is 3.21. The summed E-state index contributed by atoms with van der Waals surface area (Å²) in [4.78, 5) is 0. The second kappa shape index (κ2) is 7.59. The monoisotopic (exact) mass is 452 g/mol. The van der Waals surface area contributed by atoms with Crippen LogP contribution in [-0.4, -0.2) is 22.9 Å². The Morgan fingerprint density at radius 1 is 0.735 bits per heavy atom. The van der Waals surface area contributed by atoms with Crippen molar-refractivity contribution in [2.75, 3.05) is 0 Å². The Morgan fingerprint density at radius 2 is 1.38 bits per heavy atom. The van der Waals surface area contributed by atoms with Crippen LogP contribution in [-0.2, 0) is 9.31 Å². The standard InChI is InChI=1S/C30H28BNO2/c1-29(2)30(3,4)34-31(33-29)22-18-19-25-24-15-9-11-17-27(24)32(28(25)20-22)26-16-10-8-14-23(26)21-12-6-5-7-13-21/h5-20H,1-4H3/i9D,11D,15D,17D,18D,19D,20D. The van der Waals surface area contributed by atoms with Crippen molar-refractivity contribution in [1.29, 1.82) is 0 Å². The lowest BCUT2D eigenvalue weighted by Crippen LogP contribution is -2.41. The molecular weight excluding hydrogens is 417 g/mol. The maximum atomic E-state index is 9.45. The highest BCUT2D eigenvalue weighted by Gasteiger charge is 2.51. The first-order valence-electron chi connectivity index (χ1n) is 14.8. The molecule has 0 saturated carbocycles. The Balaban J connectivity index is 1.82. The summed E-state index contributed by atoms with van der Waals surface area (Å²) >= 11 is 0. The zero-order chi connectivity index (χ0) is 29.6.